The number of amides is 1. The number of carbonyl (C=O) groups is 1. The molecule has 0 radical (unpaired) electrons. The Bertz CT molecular complexity index is 424. The van der Waals surface area contributed by atoms with Crippen LogP contribution in [0.4, 0.5) is 0 Å². The first-order valence-electron chi connectivity index (χ1n) is 7.19. The van der Waals surface area contributed by atoms with Gasteiger partial charge in [0.15, 0.2) is 0 Å². The van der Waals surface area contributed by atoms with Gasteiger partial charge in [-0.15, -0.1) is 0 Å². The molecule has 0 bridgehead atoms. The fraction of sp³-hybridized carbons (Fsp3) is 0.562. The number of hydrogen-bond acceptors (Lipinski definition) is 2. The van der Waals surface area contributed by atoms with Gasteiger partial charge in [0.1, 0.15) is 5.54 Å². The third kappa shape index (κ3) is 3.35. The zero-order valence-corrected chi connectivity index (χ0v) is 11.9. The molecule has 1 atom stereocenters. The molecule has 0 saturated heterocycles. The average Bonchev–Trinajstić information content (AvgIpc) is 3.22. The molecule has 104 valence electrons. The number of nitrogens with zero attached hydrogens (tertiary/aromatic N) is 1. The van der Waals surface area contributed by atoms with Gasteiger partial charge in [-0.1, -0.05) is 37.3 Å². The van der Waals surface area contributed by atoms with Gasteiger partial charge >= 0.3 is 0 Å². The number of nitrogens with two attached hydrogens (primary N) is 1. The predicted molar refractivity (Wildman–Crippen MR) is 77.6 cm³/mol. The maximum absolute atomic E-state index is 12.7. The van der Waals surface area contributed by atoms with E-state index in [1.807, 2.05) is 42.2 Å². The van der Waals surface area contributed by atoms with Crippen molar-refractivity contribution in [2.75, 3.05) is 13.1 Å². The van der Waals surface area contributed by atoms with Gasteiger partial charge in [-0.3, -0.25) is 4.79 Å². The van der Waals surface area contributed by atoms with Crippen molar-refractivity contribution in [1.29, 1.82) is 0 Å². The topological polar surface area (TPSA) is 46.3 Å². The molecule has 3 heteroatoms. The number of hydrogen-bond donors (Lipinski definition) is 1. The van der Waals surface area contributed by atoms with E-state index in [0.29, 0.717) is 5.92 Å². The Balaban J connectivity index is 2.14. The van der Waals surface area contributed by atoms with E-state index in [0.717, 1.165) is 25.1 Å². The van der Waals surface area contributed by atoms with Crippen LogP contribution in [0.1, 0.15) is 38.7 Å². The van der Waals surface area contributed by atoms with Crippen LogP contribution in [-0.4, -0.2) is 23.9 Å². The summed E-state index contributed by atoms with van der Waals surface area (Å²) in [5, 5.41) is 0. The molecule has 2 rings (SSSR count). The first-order chi connectivity index (χ1) is 9.05. The first-order valence-corrected chi connectivity index (χ1v) is 7.19. The smallest absolute Gasteiger partial charge is 0.246 e. The second-order valence-electron chi connectivity index (χ2n) is 5.76. The van der Waals surface area contributed by atoms with Crippen molar-refractivity contribution in [3.8, 4) is 0 Å². The van der Waals surface area contributed by atoms with Gasteiger partial charge < -0.3 is 10.6 Å². The Hall–Kier alpha value is -1.35. The molecule has 1 unspecified atom stereocenters. The molecule has 0 aromatic heterocycles. The summed E-state index contributed by atoms with van der Waals surface area (Å²) in [7, 11) is 0. The number of carbonyl (C=O) groups excluding carboxylic acids is 1. The maximum Gasteiger partial charge on any atom is 0.246 e. The van der Waals surface area contributed by atoms with Gasteiger partial charge in [0, 0.05) is 13.1 Å². The monoisotopic (exact) mass is 260 g/mol. The van der Waals surface area contributed by atoms with E-state index >= 15 is 0 Å². The Morgan fingerprint density at radius 2 is 2.00 bits per heavy atom. The minimum absolute atomic E-state index is 0.0486. The third-order valence-electron chi connectivity index (χ3n) is 3.77. The second kappa shape index (κ2) is 5.74. The van der Waals surface area contributed by atoms with Crippen LogP contribution in [0.15, 0.2) is 30.3 Å². The summed E-state index contributed by atoms with van der Waals surface area (Å²) in [5.74, 6) is 0.745. The molecule has 0 heterocycles. The fourth-order valence-corrected chi connectivity index (χ4v) is 2.39. The molecule has 1 saturated carbocycles. The van der Waals surface area contributed by atoms with Gasteiger partial charge in [0.25, 0.3) is 0 Å². The van der Waals surface area contributed by atoms with E-state index < -0.39 is 5.54 Å². The molecular weight excluding hydrogens is 236 g/mol. The minimum atomic E-state index is -0.925. The van der Waals surface area contributed by atoms with Crippen molar-refractivity contribution < 1.29 is 4.79 Å². The van der Waals surface area contributed by atoms with Gasteiger partial charge in [-0.2, -0.15) is 0 Å². The van der Waals surface area contributed by atoms with Crippen LogP contribution in [0.3, 0.4) is 0 Å². The molecule has 1 aliphatic carbocycles. The zero-order valence-electron chi connectivity index (χ0n) is 11.9. The van der Waals surface area contributed by atoms with E-state index in [4.69, 9.17) is 5.73 Å². The fourth-order valence-electron chi connectivity index (χ4n) is 2.39. The number of rotatable bonds is 6. The summed E-state index contributed by atoms with van der Waals surface area (Å²) in [6.07, 6.45) is 3.48. The van der Waals surface area contributed by atoms with Crippen LogP contribution in [0, 0.1) is 5.92 Å². The highest BCUT2D eigenvalue weighted by atomic mass is 16.2. The van der Waals surface area contributed by atoms with Gasteiger partial charge in [-0.05, 0) is 37.7 Å². The molecule has 0 aliphatic heterocycles. The molecule has 1 amide bonds. The van der Waals surface area contributed by atoms with Crippen molar-refractivity contribution in [2.24, 2.45) is 11.7 Å². The maximum atomic E-state index is 12.7. The van der Waals surface area contributed by atoms with E-state index in [1.54, 1.807) is 0 Å². The Morgan fingerprint density at radius 3 is 2.53 bits per heavy atom. The summed E-state index contributed by atoms with van der Waals surface area (Å²) >= 11 is 0. The predicted octanol–water partition coefficient (Wildman–Crippen LogP) is 2.51. The Labute approximate surface area is 115 Å². The van der Waals surface area contributed by atoms with Gasteiger partial charge in [0.05, 0.1) is 0 Å². The zero-order chi connectivity index (χ0) is 13.9. The highest BCUT2D eigenvalue weighted by Crippen LogP contribution is 2.31. The van der Waals surface area contributed by atoms with Crippen molar-refractivity contribution in [3.63, 3.8) is 0 Å². The summed E-state index contributed by atoms with van der Waals surface area (Å²) < 4.78 is 0. The second-order valence-corrected chi connectivity index (χ2v) is 5.76. The van der Waals surface area contributed by atoms with E-state index in [-0.39, 0.29) is 5.91 Å². The summed E-state index contributed by atoms with van der Waals surface area (Å²) in [4.78, 5) is 14.7. The average molecular weight is 260 g/mol. The molecule has 19 heavy (non-hydrogen) atoms. The highest BCUT2D eigenvalue weighted by Gasteiger charge is 2.36. The molecule has 0 spiro atoms. The molecule has 1 fully saturated rings. The van der Waals surface area contributed by atoms with Crippen molar-refractivity contribution in [3.05, 3.63) is 35.9 Å². The molecular formula is C16H24N2O. The van der Waals surface area contributed by atoms with E-state index in [9.17, 15) is 4.79 Å². The number of benzene rings is 1. The van der Waals surface area contributed by atoms with Crippen molar-refractivity contribution >= 4 is 5.91 Å². The van der Waals surface area contributed by atoms with Crippen LogP contribution in [-0.2, 0) is 10.3 Å². The van der Waals surface area contributed by atoms with Gasteiger partial charge in [0.2, 0.25) is 5.91 Å². The summed E-state index contributed by atoms with van der Waals surface area (Å²) in [5.41, 5.74) is 6.28. The van der Waals surface area contributed by atoms with Crippen LogP contribution >= 0.6 is 0 Å². The lowest BCUT2D eigenvalue weighted by molar-refractivity contribution is -0.137. The van der Waals surface area contributed by atoms with Crippen LogP contribution < -0.4 is 5.73 Å². The van der Waals surface area contributed by atoms with Crippen LogP contribution in [0.25, 0.3) is 0 Å². The minimum Gasteiger partial charge on any atom is -0.341 e. The molecule has 1 aromatic rings. The van der Waals surface area contributed by atoms with Gasteiger partial charge in [-0.25, -0.2) is 0 Å². The third-order valence-corrected chi connectivity index (χ3v) is 3.77. The highest BCUT2D eigenvalue weighted by molar-refractivity contribution is 5.87. The SMILES string of the molecule is CCCN(CC1CC1)C(=O)C(C)(N)c1ccccc1. The molecule has 3 nitrogen and oxygen atoms in total. The lowest BCUT2D eigenvalue weighted by Crippen LogP contribution is -2.51. The van der Waals surface area contributed by atoms with Crippen LogP contribution in [0.2, 0.25) is 0 Å². The molecule has 1 aliphatic rings. The van der Waals surface area contributed by atoms with Crippen molar-refractivity contribution in [1.82, 2.24) is 4.90 Å². The quantitative estimate of drug-likeness (QED) is 0.854. The lowest BCUT2D eigenvalue weighted by atomic mass is 9.91. The summed E-state index contributed by atoms with van der Waals surface area (Å²) in [6.45, 7) is 5.59. The lowest BCUT2D eigenvalue weighted by Gasteiger charge is -2.32. The van der Waals surface area contributed by atoms with E-state index in [2.05, 4.69) is 6.92 Å². The Morgan fingerprint density at radius 1 is 1.37 bits per heavy atom. The largest absolute Gasteiger partial charge is 0.341 e. The standard InChI is InChI=1S/C16H24N2O/c1-3-11-18(12-13-9-10-13)15(19)16(2,17)14-7-5-4-6-8-14/h4-8,13H,3,9-12,17H2,1-2H3. The van der Waals surface area contributed by atoms with E-state index in [1.165, 1.54) is 12.8 Å². The summed E-state index contributed by atoms with van der Waals surface area (Å²) in [6, 6.07) is 9.66. The van der Waals surface area contributed by atoms with Crippen molar-refractivity contribution in [2.45, 2.75) is 38.6 Å². The Kier molecular flexibility index (Phi) is 4.25. The first kappa shape index (κ1) is 14.1. The molecule has 1 aromatic carbocycles. The molecule has 2 N–H and O–H groups in total. The normalized spacial score (nSPS) is 17.8. The van der Waals surface area contributed by atoms with Crippen LogP contribution in [0.5, 0.6) is 0 Å².